The minimum absolute atomic E-state index is 0.0417. The van der Waals surface area contributed by atoms with Crippen molar-refractivity contribution in [1.29, 1.82) is 0 Å². The standard InChI is InChI=1S/C28H34N2O4S/c1-5-21(2)30(28(32)23-10-7-6-8-11-23)20-27(31)29(19-24-12-9-17-35-24)16-15-22-13-14-25(33-3)26(18-22)34-4/h6-14,17-18,21H,5,15-16,19-20H2,1-4H3. The normalized spacial score (nSPS) is 11.5. The second-order valence-corrected chi connectivity index (χ2v) is 9.42. The van der Waals surface area contributed by atoms with Crippen LogP contribution < -0.4 is 9.47 Å². The summed E-state index contributed by atoms with van der Waals surface area (Å²) in [5.41, 5.74) is 1.64. The third-order valence-electron chi connectivity index (χ3n) is 6.11. The number of nitrogens with zero attached hydrogens (tertiary/aromatic N) is 2. The van der Waals surface area contributed by atoms with Gasteiger partial charge in [-0.15, -0.1) is 11.3 Å². The molecule has 3 aromatic rings. The fourth-order valence-electron chi connectivity index (χ4n) is 3.82. The van der Waals surface area contributed by atoms with Crippen LogP contribution in [0.2, 0.25) is 0 Å². The highest BCUT2D eigenvalue weighted by atomic mass is 32.1. The zero-order chi connectivity index (χ0) is 25.2. The molecule has 35 heavy (non-hydrogen) atoms. The average molecular weight is 495 g/mol. The molecule has 0 fully saturated rings. The van der Waals surface area contributed by atoms with Crippen molar-refractivity contribution in [2.24, 2.45) is 0 Å². The number of ether oxygens (including phenoxy) is 2. The molecule has 0 radical (unpaired) electrons. The highest BCUT2D eigenvalue weighted by Gasteiger charge is 2.26. The van der Waals surface area contributed by atoms with Gasteiger partial charge < -0.3 is 19.3 Å². The van der Waals surface area contributed by atoms with Crippen molar-refractivity contribution >= 4 is 23.2 Å². The van der Waals surface area contributed by atoms with Gasteiger partial charge in [0.15, 0.2) is 11.5 Å². The van der Waals surface area contributed by atoms with Gasteiger partial charge in [0.25, 0.3) is 5.91 Å². The number of carbonyl (C=O) groups is 2. The lowest BCUT2D eigenvalue weighted by Gasteiger charge is -2.31. The summed E-state index contributed by atoms with van der Waals surface area (Å²) < 4.78 is 10.8. The molecule has 0 saturated heterocycles. The molecule has 3 rings (SSSR count). The van der Waals surface area contributed by atoms with Crippen molar-refractivity contribution in [3.63, 3.8) is 0 Å². The predicted molar refractivity (Wildman–Crippen MR) is 140 cm³/mol. The summed E-state index contributed by atoms with van der Waals surface area (Å²) in [6.45, 7) is 5.10. The molecule has 0 bridgehead atoms. The number of thiophene rings is 1. The first kappa shape index (κ1) is 26.3. The Kier molecular flexibility index (Phi) is 9.73. The highest BCUT2D eigenvalue weighted by Crippen LogP contribution is 2.28. The van der Waals surface area contributed by atoms with E-state index in [1.54, 1.807) is 42.6 Å². The van der Waals surface area contributed by atoms with Crippen LogP contribution in [0.25, 0.3) is 0 Å². The second-order valence-electron chi connectivity index (χ2n) is 8.39. The maximum absolute atomic E-state index is 13.6. The molecule has 0 aliphatic carbocycles. The third kappa shape index (κ3) is 7.09. The van der Waals surface area contributed by atoms with Crippen LogP contribution in [0.3, 0.4) is 0 Å². The topological polar surface area (TPSA) is 59.1 Å². The van der Waals surface area contributed by atoms with Crippen LogP contribution in [-0.4, -0.2) is 55.0 Å². The predicted octanol–water partition coefficient (Wildman–Crippen LogP) is 5.28. The summed E-state index contributed by atoms with van der Waals surface area (Å²) in [4.78, 5) is 31.5. The van der Waals surface area contributed by atoms with Gasteiger partial charge >= 0.3 is 0 Å². The summed E-state index contributed by atoms with van der Waals surface area (Å²) in [5.74, 6) is 1.15. The van der Waals surface area contributed by atoms with E-state index in [2.05, 4.69) is 0 Å². The molecular formula is C28H34N2O4S. The van der Waals surface area contributed by atoms with Gasteiger partial charge in [-0.3, -0.25) is 9.59 Å². The number of carbonyl (C=O) groups excluding carboxylic acids is 2. The van der Waals surface area contributed by atoms with Gasteiger partial charge in [-0.25, -0.2) is 0 Å². The molecule has 6 nitrogen and oxygen atoms in total. The van der Waals surface area contributed by atoms with E-state index in [9.17, 15) is 9.59 Å². The van der Waals surface area contributed by atoms with E-state index < -0.39 is 0 Å². The van der Waals surface area contributed by atoms with E-state index in [4.69, 9.17) is 9.47 Å². The number of rotatable bonds is 12. The lowest BCUT2D eigenvalue weighted by Crippen LogP contribution is -2.46. The molecule has 0 aliphatic heterocycles. The van der Waals surface area contributed by atoms with Gasteiger partial charge in [-0.1, -0.05) is 37.3 Å². The van der Waals surface area contributed by atoms with E-state index in [1.165, 1.54) is 0 Å². The van der Waals surface area contributed by atoms with Crippen LogP contribution >= 0.6 is 11.3 Å². The molecule has 1 unspecified atom stereocenters. The molecular weight excluding hydrogens is 460 g/mol. The molecule has 0 spiro atoms. The maximum atomic E-state index is 13.6. The van der Waals surface area contributed by atoms with Crippen molar-refractivity contribution in [2.75, 3.05) is 27.3 Å². The maximum Gasteiger partial charge on any atom is 0.254 e. The van der Waals surface area contributed by atoms with E-state index in [1.807, 2.05) is 72.7 Å². The first-order valence-electron chi connectivity index (χ1n) is 11.8. The Morgan fingerprint density at radius 3 is 2.34 bits per heavy atom. The van der Waals surface area contributed by atoms with Crippen LogP contribution in [0.1, 0.15) is 41.1 Å². The van der Waals surface area contributed by atoms with Crippen molar-refractivity contribution < 1.29 is 19.1 Å². The van der Waals surface area contributed by atoms with Gasteiger partial charge in [0.2, 0.25) is 5.91 Å². The summed E-state index contributed by atoms with van der Waals surface area (Å²) in [5, 5.41) is 2.01. The number of hydrogen-bond acceptors (Lipinski definition) is 5. The van der Waals surface area contributed by atoms with E-state index >= 15 is 0 Å². The summed E-state index contributed by atoms with van der Waals surface area (Å²) in [6, 6.07) is 18.9. The lowest BCUT2D eigenvalue weighted by molar-refractivity contribution is -0.132. The summed E-state index contributed by atoms with van der Waals surface area (Å²) in [6.07, 6.45) is 1.43. The smallest absolute Gasteiger partial charge is 0.254 e. The molecule has 0 N–H and O–H groups in total. The fraction of sp³-hybridized carbons (Fsp3) is 0.357. The zero-order valence-electron chi connectivity index (χ0n) is 20.9. The van der Waals surface area contributed by atoms with Gasteiger partial charge in [-0.05, 0) is 61.0 Å². The first-order chi connectivity index (χ1) is 17.0. The second kappa shape index (κ2) is 13.0. The molecule has 186 valence electrons. The van der Waals surface area contributed by atoms with E-state index in [-0.39, 0.29) is 24.4 Å². The quantitative estimate of drug-likeness (QED) is 0.344. The van der Waals surface area contributed by atoms with Crippen LogP contribution in [0.5, 0.6) is 11.5 Å². The van der Waals surface area contributed by atoms with Gasteiger partial charge in [-0.2, -0.15) is 0 Å². The SMILES string of the molecule is CCC(C)N(CC(=O)N(CCc1ccc(OC)c(OC)c1)Cc1cccs1)C(=O)c1ccccc1. The largest absolute Gasteiger partial charge is 0.493 e. The first-order valence-corrected chi connectivity index (χ1v) is 12.7. The minimum Gasteiger partial charge on any atom is -0.493 e. The minimum atomic E-state index is -0.121. The van der Waals surface area contributed by atoms with E-state index in [0.29, 0.717) is 36.6 Å². The Labute approximate surface area is 212 Å². The average Bonchev–Trinajstić information content (AvgIpc) is 3.42. The van der Waals surface area contributed by atoms with Crippen molar-refractivity contribution in [1.82, 2.24) is 9.80 Å². The zero-order valence-corrected chi connectivity index (χ0v) is 21.7. The Hall–Kier alpha value is -3.32. The van der Waals surface area contributed by atoms with Crippen molar-refractivity contribution in [3.05, 3.63) is 82.0 Å². The van der Waals surface area contributed by atoms with Crippen LogP contribution in [0.4, 0.5) is 0 Å². The molecule has 0 saturated carbocycles. The van der Waals surface area contributed by atoms with Crippen molar-refractivity contribution in [3.8, 4) is 11.5 Å². The summed E-state index contributed by atoms with van der Waals surface area (Å²) in [7, 11) is 3.22. The molecule has 2 aromatic carbocycles. The Bertz CT molecular complexity index is 1090. The van der Waals surface area contributed by atoms with Crippen LogP contribution in [-0.2, 0) is 17.8 Å². The molecule has 1 aromatic heterocycles. The number of benzene rings is 2. The Morgan fingerprint density at radius 2 is 1.71 bits per heavy atom. The number of hydrogen-bond donors (Lipinski definition) is 0. The van der Waals surface area contributed by atoms with Crippen LogP contribution in [0, 0.1) is 0 Å². The number of methoxy groups -OCH3 is 2. The van der Waals surface area contributed by atoms with Crippen LogP contribution in [0.15, 0.2) is 66.0 Å². The van der Waals surface area contributed by atoms with E-state index in [0.717, 1.165) is 16.9 Å². The molecule has 7 heteroatoms. The molecule has 1 heterocycles. The molecule has 1 atom stereocenters. The summed E-state index contributed by atoms with van der Waals surface area (Å²) >= 11 is 1.62. The fourth-order valence-corrected chi connectivity index (χ4v) is 4.54. The monoisotopic (exact) mass is 494 g/mol. The lowest BCUT2D eigenvalue weighted by atomic mass is 10.1. The Balaban J connectivity index is 1.78. The number of amides is 2. The third-order valence-corrected chi connectivity index (χ3v) is 6.97. The van der Waals surface area contributed by atoms with Gasteiger partial charge in [0.1, 0.15) is 6.54 Å². The Morgan fingerprint density at radius 1 is 0.971 bits per heavy atom. The molecule has 2 amide bonds. The van der Waals surface area contributed by atoms with Gasteiger partial charge in [0, 0.05) is 23.0 Å². The molecule has 0 aliphatic rings. The highest BCUT2D eigenvalue weighted by molar-refractivity contribution is 7.09. The van der Waals surface area contributed by atoms with Crippen molar-refractivity contribution in [2.45, 2.75) is 39.3 Å². The van der Waals surface area contributed by atoms with Gasteiger partial charge in [0.05, 0.1) is 20.8 Å².